The number of carbonyl (C=O) groups is 1. The predicted molar refractivity (Wildman–Crippen MR) is 73.6 cm³/mol. The summed E-state index contributed by atoms with van der Waals surface area (Å²) in [5.41, 5.74) is 5.67. The van der Waals surface area contributed by atoms with Crippen molar-refractivity contribution in [3.8, 4) is 0 Å². The van der Waals surface area contributed by atoms with Crippen molar-refractivity contribution < 1.29 is 9.53 Å². The van der Waals surface area contributed by atoms with Crippen molar-refractivity contribution in [2.45, 2.75) is 64.1 Å². The monoisotopic (exact) mass is 266 g/mol. The van der Waals surface area contributed by atoms with E-state index in [1.54, 1.807) is 0 Å². The molecular weight excluding hydrogens is 240 g/mol. The molecule has 108 valence electrons. The van der Waals surface area contributed by atoms with Crippen LogP contribution in [-0.4, -0.2) is 41.6 Å². The summed E-state index contributed by atoms with van der Waals surface area (Å²) in [6.07, 6.45) is 4.49. The number of likely N-dealkylation sites (N-methyl/N-ethyl adjacent to an activating group) is 1. The number of hydrogen-bond donors (Lipinski definition) is 1. The van der Waals surface area contributed by atoms with E-state index >= 15 is 0 Å². The Morgan fingerprint density at radius 3 is 2.63 bits per heavy atom. The lowest BCUT2D eigenvalue weighted by Crippen LogP contribution is -2.82. The molecule has 4 nitrogen and oxygen atoms in total. The molecule has 4 heteroatoms. The van der Waals surface area contributed by atoms with Crippen LogP contribution in [0.15, 0.2) is 0 Å². The van der Waals surface area contributed by atoms with E-state index in [0.717, 1.165) is 38.8 Å². The number of hydrogen-bond acceptors (Lipinski definition) is 3. The molecule has 3 aliphatic rings. The maximum atomic E-state index is 13.0. The van der Waals surface area contributed by atoms with Gasteiger partial charge in [-0.15, -0.1) is 0 Å². The first-order valence-electron chi connectivity index (χ1n) is 7.66. The summed E-state index contributed by atoms with van der Waals surface area (Å²) in [4.78, 5) is 15.0. The first-order chi connectivity index (χ1) is 8.94. The van der Waals surface area contributed by atoms with Crippen molar-refractivity contribution in [1.29, 1.82) is 0 Å². The van der Waals surface area contributed by atoms with Crippen LogP contribution in [0.2, 0.25) is 0 Å². The van der Waals surface area contributed by atoms with Gasteiger partial charge in [0.05, 0.1) is 6.10 Å². The highest BCUT2D eigenvalue weighted by atomic mass is 16.5. The smallest absolute Gasteiger partial charge is 0.243 e. The molecule has 3 unspecified atom stereocenters. The Kier molecular flexibility index (Phi) is 2.95. The second-order valence-electron chi connectivity index (χ2n) is 6.95. The average molecular weight is 266 g/mol. The Balaban J connectivity index is 1.86. The zero-order valence-corrected chi connectivity index (χ0v) is 12.3. The maximum Gasteiger partial charge on any atom is 0.243 e. The Labute approximate surface area is 115 Å². The molecule has 19 heavy (non-hydrogen) atoms. The van der Waals surface area contributed by atoms with Gasteiger partial charge in [0.25, 0.3) is 0 Å². The highest BCUT2D eigenvalue weighted by Gasteiger charge is 2.71. The van der Waals surface area contributed by atoms with E-state index in [-0.39, 0.29) is 23.3 Å². The van der Waals surface area contributed by atoms with Crippen LogP contribution < -0.4 is 5.73 Å². The van der Waals surface area contributed by atoms with Gasteiger partial charge in [0.15, 0.2) is 0 Å². The molecule has 0 aromatic rings. The minimum absolute atomic E-state index is 0.160. The topological polar surface area (TPSA) is 55.6 Å². The number of rotatable bonds is 3. The Hall–Kier alpha value is -0.610. The van der Waals surface area contributed by atoms with Crippen molar-refractivity contribution >= 4 is 5.91 Å². The van der Waals surface area contributed by atoms with E-state index in [2.05, 4.69) is 20.8 Å². The molecule has 2 aliphatic carbocycles. The molecule has 1 saturated heterocycles. The Morgan fingerprint density at radius 2 is 2.05 bits per heavy atom. The molecule has 3 rings (SSSR count). The van der Waals surface area contributed by atoms with Crippen LogP contribution in [0.3, 0.4) is 0 Å². The van der Waals surface area contributed by atoms with Crippen LogP contribution in [0.4, 0.5) is 0 Å². The lowest BCUT2D eigenvalue weighted by molar-refractivity contribution is -0.230. The third-order valence-corrected chi connectivity index (χ3v) is 5.63. The van der Waals surface area contributed by atoms with Crippen molar-refractivity contribution in [2.75, 3.05) is 13.2 Å². The summed E-state index contributed by atoms with van der Waals surface area (Å²) in [7, 11) is 0. The quantitative estimate of drug-likeness (QED) is 0.843. The summed E-state index contributed by atoms with van der Waals surface area (Å²) in [5, 5.41) is 0. The molecule has 1 heterocycles. The first kappa shape index (κ1) is 13.4. The highest BCUT2D eigenvalue weighted by molar-refractivity contribution is 5.90. The van der Waals surface area contributed by atoms with E-state index in [4.69, 9.17) is 10.5 Å². The van der Waals surface area contributed by atoms with Crippen LogP contribution in [0, 0.1) is 11.3 Å². The summed E-state index contributed by atoms with van der Waals surface area (Å²) in [6.45, 7) is 7.84. The zero-order valence-electron chi connectivity index (χ0n) is 12.3. The van der Waals surface area contributed by atoms with E-state index in [9.17, 15) is 4.79 Å². The molecule has 1 amide bonds. The fraction of sp³-hybridized carbons (Fsp3) is 0.933. The molecule has 0 aromatic carbocycles. The van der Waals surface area contributed by atoms with Crippen LogP contribution in [0.1, 0.15) is 46.5 Å². The van der Waals surface area contributed by atoms with E-state index in [1.807, 2.05) is 4.90 Å². The van der Waals surface area contributed by atoms with Gasteiger partial charge in [0, 0.05) is 30.5 Å². The van der Waals surface area contributed by atoms with Crippen molar-refractivity contribution in [3.05, 3.63) is 0 Å². The van der Waals surface area contributed by atoms with Gasteiger partial charge < -0.3 is 15.4 Å². The van der Waals surface area contributed by atoms with Gasteiger partial charge in [-0.25, -0.2) is 0 Å². The maximum absolute atomic E-state index is 13.0. The minimum atomic E-state index is -0.726. The van der Waals surface area contributed by atoms with Crippen LogP contribution in [0.5, 0.6) is 0 Å². The molecular formula is C15H26N2O2. The van der Waals surface area contributed by atoms with E-state index in [1.165, 1.54) is 0 Å². The SMILES string of the molecule is CCN(C(=O)C1(N)C2CCCOC2C1(C)C)C1CC1. The average Bonchev–Trinajstić information content (AvgIpc) is 3.23. The molecule has 2 saturated carbocycles. The fourth-order valence-electron chi connectivity index (χ4n) is 4.20. The fourth-order valence-corrected chi connectivity index (χ4v) is 4.20. The minimum Gasteiger partial charge on any atom is -0.377 e. The number of carbonyl (C=O) groups excluding carboxylic acids is 1. The molecule has 2 N–H and O–H groups in total. The van der Waals surface area contributed by atoms with Crippen molar-refractivity contribution in [3.63, 3.8) is 0 Å². The molecule has 0 spiro atoms. The largest absolute Gasteiger partial charge is 0.377 e. The van der Waals surface area contributed by atoms with Crippen LogP contribution >= 0.6 is 0 Å². The van der Waals surface area contributed by atoms with Gasteiger partial charge >= 0.3 is 0 Å². The Bertz CT molecular complexity index is 392. The van der Waals surface area contributed by atoms with Gasteiger partial charge in [-0.2, -0.15) is 0 Å². The number of amides is 1. The summed E-state index contributed by atoms with van der Waals surface area (Å²) in [5.74, 6) is 0.366. The first-order valence-corrected chi connectivity index (χ1v) is 7.66. The molecule has 0 aromatic heterocycles. The number of nitrogens with two attached hydrogens (primary N) is 1. The lowest BCUT2D eigenvalue weighted by atomic mass is 9.46. The van der Waals surface area contributed by atoms with Gasteiger partial charge in [-0.1, -0.05) is 13.8 Å². The molecule has 3 fully saturated rings. The lowest BCUT2D eigenvalue weighted by Gasteiger charge is -2.65. The normalized spacial score (nSPS) is 40.2. The second-order valence-corrected chi connectivity index (χ2v) is 6.95. The molecule has 0 bridgehead atoms. The van der Waals surface area contributed by atoms with Gasteiger partial charge in [0.2, 0.25) is 5.91 Å². The number of fused-ring (bicyclic) bond motifs is 1. The van der Waals surface area contributed by atoms with Gasteiger partial charge in [-0.05, 0) is 32.6 Å². The summed E-state index contributed by atoms with van der Waals surface area (Å²) >= 11 is 0. The predicted octanol–water partition coefficient (Wildman–Crippen LogP) is 1.53. The molecule has 3 atom stereocenters. The zero-order chi connectivity index (χ0) is 13.8. The van der Waals surface area contributed by atoms with E-state index < -0.39 is 5.54 Å². The highest BCUT2D eigenvalue weighted by Crippen LogP contribution is 2.58. The summed E-state index contributed by atoms with van der Waals surface area (Å²) < 4.78 is 5.88. The third-order valence-electron chi connectivity index (χ3n) is 5.63. The molecule has 0 radical (unpaired) electrons. The van der Waals surface area contributed by atoms with Crippen molar-refractivity contribution in [2.24, 2.45) is 17.1 Å². The van der Waals surface area contributed by atoms with Crippen LogP contribution in [-0.2, 0) is 9.53 Å². The van der Waals surface area contributed by atoms with Gasteiger partial charge in [0.1, 0.15) is 5.54 Å². The second kappa shape index (κ2) is 4.19. The standard InChI is InChI=1S/C15H26N2O2/c1-4-17(10-7-8-10)13(18)15(16)11-6-5-9-19-12(11)14(15,2)3/h10-12H,4-9,16H2,1-3H3. The number of nitrogens with zero attached hydrogens (tertiary/aromatic N) is 1. The number of ether oxygens (including phenoxy) is 1. The summed E-state index contributed by atoms with van der Waals surface area (Å²) in [6, 6.07) is 0.442. The molecule has 1 aliphatic heterocycles. The van der Waals surface area contributed by atoms with Gasteiger partial charge in [-0.3, -0.25) is 4.79 Å². The van der Waals surface area contributed by atoms with Crippen LogP contribution in [0.25, 0.3) is 0 Å². The third kappa shape index (κ3) is 1.62. The van der Waals surface area contributed by atoms with Crippen molar-refractivity contribution in [1.82, 2.24) is 4.90 Å². The van der Waals surface area contributed by atoms with E-state index in [0.29, 0.717) is 6.04 Å². The Morgan fingerprint density at radius 1 is 1.37 bits per heavy atom.